The number of carbonyl (C=O) groups is 1. The molecular weight excluding hydrogens is 354 g/mol. The van der Waals surface area contributed by atoms with Gasteiger partial charge in [-0.1, -0.05) is 0 Å². The summed E-state index contributed by atoms with van der Waals surface area (Å²) in [4.78, 5) is 20.4. The standard InChI is InChI=1S/C18H27N3O2S2/c1-11-12(2)25-17(20-11)8-21-7-14-13(6-19-16(22)9-24-3)15-4-5-18(14,10-21)23-15/h13-15H,4-10H2,1-3H3,(H,19,22)/t13-,14+,15+,18+/m0/s1. The number of thioether (sulfide) groups is 1. The maximum atomic E-state index is 11.8. The number of thiazole rings is 1. The predicted molar refractivity (Wildman–Crippen MR) is 102 cm³/mol. The maximum Gasteiger partial charge on any atom is 0.229 e. The quantitative estimate of drug-likeness (QED) is 0.819. The molecule has 2 bridgehead atoms. The Balaban J connectivity index is 1.40. The van der Waals surface area contributed by atoms with E-state index < -0.39 is 0 Å². The van der Waals surface area contributed by atoms with Gasteiger partial charge in [-0.25, -0.2) is 4.98 Å². The minimum atomic E-state index is 0.0287. The van der Waals surface area contributed by atoms with Gasteiger partial charge in [0.25, 0.3) is 0 Å². The molecule has 0 radical (unpaired) electrons. The zero-order chi connectivity index (χ0) is 17.6. The minimum Gasteiger partial charge on any atom is -0.370 e. The number of rotatable bonds is 6. The molecular formula is C18H27N3O2S2. The number of aryl methyl sites for hydroxylation is 2. The SMILES string of the molecule is CSCC(=O)NC[C@H]1[C@H]2CN(Cc3nc(C)c(C)s3)C[C@]23CC[C@H]1O3. The Morgan fingerprint density at radius 1 is 1.52 bits per heavy atom. The van der Waals surface area contributed by atoms with Gasteiger partial charge in [-0.05, 0) is 32.9 Å². The van der Waals surface area contributed by atoms with Crippen LogP contribution in [0.25, 0.3) is 0 Å². The second kappa shape index (κ2) is 6.83. The monoisotopic (exact) mass is 381 g/mol. The Kier molecular flexibility index (Phi) is 4.86. The molecule has 0 saturated carbocycles. The Morgan fingerprint density at radius 2 is 2.36 bits per heavy atom. The third-order valence-electron chi connectivity index (χ3n) is 6.10. The van der Waals surface area contributed by atoms with Crippen LogP contribution in [-0.2, 0) is 16.1 Å². The van der Waals surface area contributed by atoms with Gasteiger partial charge in [0.05, 0.1) is 29.7 Å². The molecule has 0 aromatic carbocycles. The number of fused-ring (bicyclic) bond motifs is 1. The molecule has 138 valence electrons. The van der Waals surface area contributed by atoms with Crippen molar-refractivity contribution >= 4 is 29.0 Å². The van der Waals surface area contributed by atoms with Crippen molar-refractivity contribution in [3.05, 3.63) is 15.6 Å². The summed E-state index contributed by atoms with van der Waals surface area (Å²) in [6, 6.07) is 0. The molecule has 1 spiro atoms. The topological polar surface area (TPSA) is 54.5 Å². The first-order chi connectivity index (χ1) is 12.0. The van der Waals surface area contributed by atoms with Crippen molar-refractivity contribution in [2.24, 2.45) is 11.8 Å². The van der Waals surface area contributed by atoms with Gasteiger partial charge in [-0.2, -0.15) is 11.8 Å². The lowest BCUT2D eigenvalue weighted by Crippen LogP contribution is -2.42. The second-order valence-electron chi connectivity index (χ2n) is 7.69. The average Bonchev–Trinajstić information content (AvgIpc) is 3.26. The van der Waals surface area contributed by atoms with Crippen LogP contribution in [0, 0.1) is 25.7 Å². The zero-order valence-corrected chi connectivity index (χ0v) is 16.8. The van der Waals surface area contributed by atoms with Gasteiger partial charge < -0.3 is 10.1 Å². The number of amides is 1. The Morgan fingerprint density at radius 3 is 3.08 bits per heavy atom. The first-order valence-corrected chi connectivity index (χ1v) is 11.3. The van der Waals surface area contributed by atoms with Crippen molar-refractivity contribution < 1.29 is 9.53 Å². The fourth-order valence-corrected chi connectivity index (χ4v) is 6.23. The Labute approximate surface area is 157 Å². The number of hydrogen-bond donors (Lipinski definition) is 1. The van der Waals surface area contributed by atoms with Crippen LogP contribution in [0.2, 0.25) is 0 Å². The number of nitrogens with one attached hydrogen (secondary N) is 1. The van der Waals surface area contributed by atoms with Crippen LogP contribution in [0.1, 0.15) is 28.4 Å². The molecule has 3 aliphatic rings. The van der Waals surface area contributed by atoms with Gasteiger partial charge in [0.15, 0.2) is 0 Å². The smallest absolute Gasteiger partial charge is 0.229 e. The normalized spacial score (nSPS) is 33.8. The molecule has 0 aliphatic carbocycles. The average molecular weight is 382 g/mol. The van der Waals surface area contributed by atoms with Crippen molar-refractivity contribution in [1.29, 1.82) is 0 Å². The van der Waals surface area contributed by atoms with Gasteiger partial charge >= 0.3 is 0 Å². The van der Waals surface area contributed by atoms with Crippen LogP contribution in [0.3, 0.4) is 0 Å². The van der Waals surface area contributed by atoms with Crippen LogP contribution in [0.15, 0.2) is 0 Å². The largest absolute Gasteiger partial charge is 0.370 e. The first-order valence-electron chi connectivity index (χ1n) is 9.09. The van der Waals surface area contributed by atoms with Crippen molar-refractivity contribution in [2.75, 3.05) is 31.6 Å². The van der Waals surface area contributed by atoms with Crippen LogP contribution in [-0.4, -0.2) is 59.1 Å². The van der Waals surface area contributed by atoms with Crippen LogP contribution in [0.5, 0.6) is 0 Å². The molecule has 0 unspecified atom stereocenters. The van der Waals surface area contributed by atoms with Crippen molar-refractivity contribution in [1.82, 2.24) is 15.2 Å². The number of nitrogens with zero attached hydrogens (tertiary/aromatic N) is 2. The fourth-order valence-electron chi connectivity index (χ4n) is 4.89. The number of hydrogen-bond acceptors (Lipinski definition) is 6. The highest BCUT2D eigenvalue weighted by atomic mass is 32.2. The maximum absolute atomic E-state index is 11.8. The molecule has 4 atom stereocenters. The molecule has 3 aliphatic heterocycles. The molecule has 4 heterocycles. The van der Waals surface area contributed by atoms with Gasteiger partial charge in [-0.15, -0.1) is 11.3 Å². The molecule has 1 amide bonds. The summed E-state index contributed by atoms with van der Waals surface area (Å²) in [7, 11) is 0. The number of likely N-dealkylation sites (tertiary alicyclic amines) is 1. The first kappa shape index (κ1) is 17.8. The molecule has 7 heteroatoms. The Bertz CT molecular complexity index is 645. The molecule has 3 saturated heterocycles. The Hall–Kier alpha value is -0.630. The van der Waals surface area contributed by atoms with Crippen LogP contribution < -0.4 is 5.32 Å². The van der Waals surface area contributed by atoms with Crippen LogP contribution in [0.4, 0.5) is 0 Å². The lowest BCUT2D eigenvalue weighted by Gasteiger charge is -2.29. The summed E-state index contributed by atoms with van der Waals surface area (Å²) < 4.78 is 6.47. The third kappa shape index (κ3) is 3.24. The second-order valence-corrected chi connectivity index (χ2v) is 9.84. The highest BCUT2D eigenvalue weighted by Gasteiger charge is 2.62. The fraction of sp³-hybridized carbons (Fsp3) is 0.778. The lowest BCUT2D eigenvalue weighted by atomic mass is 9.73. The summed E-state index contributed by atoms with van der Waals surface area (Å²) >= 11 is 3.39. The van der Waals surface area contributed by atoms with Gasteiger partial charge in [-0.3, -0.25) is 9.69 Å². The molecule has 4 rings (SSSR count). The van der Waals surface area contributed by atoms with E-state index in [1.165, 1.54) is 16.3 Å². The van der Waals surface area contributed by atoms with Crippen molar-refractivity contribution in [3.63, 3.8) is 0 Å². The third-order valence-corrected chi connectivity index (χ3v) is 7.70. The highest BCUT2D eigenvalue weighted by molar-refractivity contribution is 7.99. The van der Waals surface area contributed by atoms with E-state index in [0.717, 1.165) is 38.3 Å². The summed E-state index contributed by atoms with van der Waals surface area (Å²) in [5.74, 6) is 1.70. The zero-order valence-electron chi connectivity index (χ0n) is 15.2. The van der Waals surface area contributed by atoms with E-state index in [-0.39, 0.29) is 11.5 Å². The molecule has 5 nitrogen and oxygen atoms in total. The van der Waals surface area contributed by atoms with E-state index in [1.54, 1.807) is 11.8 Å². The summed E-state index contributed by atoms with van der Waals surface area (Å²) in [6.45, 7) is 8.01. The molecule has 1 aromatic rings. The molecule has 1 N–H and O–H groups in total. The van der Waals surface area contributed by atoms with E-state index in [9.17, 15) is 4.79 Å². The molecule has 25 heavy (non-hydrogen) atoms. The van der Waals surface area contributed by atoms with Gasteiger partial charge in [0.1, 0.15) is 5.01 Å². The van der Waals surface area contributed by atoms with Gasteiger partial charge in [0, 0.05) is 36.3 Å². The van der Waals surface area contributed by atoms with Crippen molar-refractivity contribution in [2.45, 2.75) is 44.9 Å². The predicted octanol–water partition coefficient (Wildman–Crippen LogP) is 2.22. The van der Waals surface area contributed by atoms with Gasteiger partial charge in [0.2, 0.25) is 5.91 Å². The summed E-state index contributed by atoms with van der Waals surface area (Å²) in [5.41, 5.74) is 1.19. The highest BCUT2D eigenvalue weighted by Crippen LogP contribution is 2.54. The number of carbonyl (C=O) groups excluding carboxylic acids is 1. The lowest BCUT2D eigenvalue weighted by molar-refractivity contribution is -0.118. The van der Waals surface area contributed by atoms with E-state index in [1.807, 2.05) is 17.6 Å². The number of ether oxygens (including phenoxy) is 1. The van der Waals surface area contributed by atoms with E-state index in [0.29, 0.717) is 23.7 Å². The van der Waals surface area contributed by atoms with Crippen LogP contribution >= 0.6 is 23.1 Å². The summed E-state index contributed by atoms with van der Waals surface area (Å²) in [5, 5.41) is 4.34. The summed E-state index contributed by atoms with van der Waals surface area (Å²) in [6.07, 6.45) is 4.62. The van der Waals surface area contributed by atoms with Crippen molar-refractivity contribution in [3.8, 4) is 0 Å². The van der Waals surface area contributed by atoms with E-state index in [2.05, 4.69) is 24.1 Å². The van der Waals surface area contributed by atoms with E-state index >= 15 is 0 Å². The molecule has 3 fully saturated rings. The number of aromatic nitrogens is 1. The minimum absolute atomic E-state index is 0.0287. The molecule has 1 aromatic heterocycles. The van der Waals surface area contributed by atoms with E-state index in [4.69, 9.17) is 9.72 Å².